The Hall–Kier alpha value is -1.14. The summed E-state index contributed by atoms with van der Waals surface area (Å²) in [7, 11) is 0. The fourth-order valence-corrected chi connectivity index (χ4v) is 2.15. The molecule has 1 aliphatic heterocycles. The van der Waals surface area contributed by atoms with Crippen LogP contribution in [0.5, 0.6) is 0 Å². The summed E-state index contributed by atoms with van der Waals surface area (Å²) in [5.41, 5.74) is 0.727. The lowest BCUT2D eigenvalue weighted by molar-refractivity contribution is -0.120. The molecule has 1 heterocycles. The Balaban J connectivity index is 1.59. The number of rotatable bonds is 6. The number of amides is 1. The molecule has 20 heavy (non-hydrogen) atoms. The highest BCUT2D eigenvalue weighted by Crippen LogP contribution is 2.13. The van der Waals surface area contributed by atoms with Gasteiger partial charge in [0.25, 0.3) is 0 Å². The van der Waals surface area contributed by atoms with Crippen molar-refractivity contribution in [3.63, 3.8) is 0 Å². The monoisotopic (exact) mass is 297 g/mol. The fourth-order valence-electron chi connectivity index (χ4n) is 2.02. The summed E-state index contributed by atoms with van der Waals surface area (Å²) in [6.45, 7) is 5.66. The van der Waals surface area contributed by atoms with Gasteiger partial charge in [0.15, 0.2) is 0 Å². The maximum absolute atomic E-state index is 11.7. The first kappa shape index (κ1) is 15.3. The molecule has 0 aliphatic carbocycles. The molecule has 0 bridgehead atoms. The smallest absolute Gasteiger partial charge is 0.250 e. The molecule has 1 aromatic rings. The van der Waals surface area contributed by atoms with E-state index in [1.807, 2.05) is 0 Å². The largest absolute Gasteiger partial charge is 0.370 e. The van der Waals surface area contributed by atoms with Crippen LogP contribution in [0.4, 0.5) is 5.69 Å². The van der Waals surface area contributed by atoms with E-state index in [-0.39, 0.29) is 12.5 Å². The maximum Gasteiger partial charge on any atom is 0.250 e. The van der Waals surface area contributed by atoms with Gasteiger partial charge in [0.1, 0.15) is 6.61 Å². The van der Waals surface area contributed by atoms with Crippen molar-refractivity contribution in [2.45, 2.75) is 0 Å². The first-order valence-electron chi connectivity index (χ1n) is 6.80. The van der Waals surface area contributed by atoms with Crippen LogP contribution in [-0.2, 0) is 9.53 Å². The summed E-state index contributed by atoms with van der Waals surface area (Å²) in [5, 5.41) is 6.71. The van der Waals surface area contributed by atoms with Gasteiger partial charge in [-0.3, -0.25) is 9.69 Å². The quantitative estimate of drug-likeness (QED) is 0.775. The molecule has 0 spiro atoms. The molecular weight excluding hydrogens is 278 g/mol. The number of nitrogens with zero attached hydrogens (tertiary/aromatic N) is 1. The lowest BCUT2D eigenvalue weighted by Crippen LogP contribution is -2.44. The first-order chi connectivity index (χ1) is 9.74. The average molecular weight is 298 g/mol. The molecule has 1 amide bonds. The van der Waals surface area contributed by atoms with Crippen molar-refractivity contribution in [3.05, 3.63) is 29.3 Å². The van der Waals surface area contributed by atoms with Gasteiger partial charge in [-0.15, -0.1) is 0 Å². The van der Waals surface area contributed by atoms with Gasteiger partial charge in [-0.05, 0) is 24.3 Å². The number of ether oxygens (including phenoxy) is 1. The molecule has 5 nitrogen and oxygen atoms in total. The SMILES string of the molecule is O=C(COCCN1CCNCC1)Nc1ccc(Cl)cc1. The number of nitrogens with one attached hydrogen (secondary N) is 2. The van der Waals surface area contributed by atoms with Gasteiger partial charge in [0, 0.05) is 43.4 Å². The highest BCUT2D eigenvalue weighted by molar-refractivity contribution is 6.30. The summed E-state index contributed by atoms with van der Waals surface area (Å²) in [5.74, 6) is -0.146. The fraction of sp³-hybridized carbons (Fsp3) is 0.500. The third-order valence-corrected chi connectivity index (χ3v) is 3.37. The van der Waals surface area contributed by atoms with Crippen LogP contribution >= 0.6 is 11.6 Å². The zero-order valence-electron chi connectivity index (χ0n) is 11.4. The van der Waals surface area contributed by atoms with Crippen LogP contribution in [0.1, 0.15) is 0 Å². The highest BCUT2D eigenvalue weighted by Gasteiger charge is 2.09. The van der Waals surface area contributed by atoms with E-state index >= 15 is 0 Å². The molecule has 0 radical (unpaired) electrons. The predicted molar refractivity (Wildman–Crippen MR) is 80.2 cm³/mol. The number of benzene rings is 1. The number of carbonyl (C=O) groups excluding carboxylic acids is 1. The van der Waals surface area contributed by atoms with Crippen LogP contribution in [0, 0.1) is 0 Å². The number of hydrogen-bond donors (Lipinski definition) is 2. The van der Waals surface area contributed by atoms with E-state index < -0.39 is 0 Å². The molecule has 2 N–H and O–H groups in total. The van der Waals surface area contributed by atoms with Gasteiger partial charge < -0.3 is 15.4 Å². The van der Waals surface area contributed by atoms with Crippen molar-refractivity contribution in [1.29, 1.82) is 0 Å². The number of carbonyl (C=O) groups is 1. The molecule has 6 heteroatoms. The molecule has 2 rings (SSSR count). The lowest BCUT2D eigenvalue weighted by atomic mass is 10.3. The van der Waals surface area contributed by atoms with Crippen molar-refractivity contribution in [3.8, 4) is 0 Å². The summed E-state index contributed by atoms with van der Waals surface area (Å²) in [4.78, 5) is 14.0. The standard InChI is InChI=1S/C14H20ClN3O2/c15-12-1-3-13(4-2-12)17-14(19)11-20-10-9-18-7-5-16-6-8-18/h1-4,16H,5-11H2,(H,17,19). The maximum atomic E-state index is 11.7. The van der Waals surface area contributed by atoms with Crippen LogP contribution in [-0.4, -0.2) is 56.7 Å². The molecule has 0 saturated carbocycles. The zero-order chi connectivity index (χ0) is 14.2. The second-order valence-electron chi connectivity index (χ2n) is 4.70. The van der Waals surface area contributed by atoms with Crippen LogP contribution in [0.2, 0.25) is 5.02 Å². The Morgan fingerprint density at radius 3 is 2.70 bits per heavy atom. The third kappa shape index (κ3) is 5.46. The number of hydrogen-bond acceptors (Lipinski definition) is 4. The molecule has 110 valence electrons. The molecule has 1 aliphatic rings. The molecule has 0 atom stereocenters. The van der Waals surface area contributed by atoms with Crippen molar-refractivity contribution in [2.75, 3.05) is 51.3 Å². The van der Waals surface area contributed by atoms with Gasteiger partial charge in [0.05, 0.1) is 6.61 Å². The van der Waals surface area contributed by atoms with Gasteiger partial charge >= 0.3 is 0 Å². The molecule has 1 aromatic carbocycles. The predicted octanol–water partition coefficient (Wildman–Crippen LogP) is 1.20. The summed E-state index contributed by atoms with van der Waals surface area (Å²) < 4.78 is 5.39. The van der Waals surface area contributed by atoms with E-state index in [2.05, 4.69) is 15.5 Å². The van der Waals surface area contributed by atoms with Crippen LogP contribution in [0.3, 0.4) is 0 Å². The summed E-state index contributed by atoms with van der Waals surface area (Å²) in [6, 6.07) is 7.01. The molecule has 1 fully saturated rings. The Morgan fingerprint density at radius 1 is 1.30 bits per heavy atom. The minimum atomic E-state index is -0.146. The van der Waals surface area contributed by atoms with Gasteiger partial charge in [-0.1, -0.05) is 11.6 Å². The van der Waals surface area contributed by atoms with Gasteiger partial charge in [-0.2, -0.15) is 0 Å². The Labute approximate surface area is 124 Å². The van der Waals surface area contributed by atoms with Gasteiger partial charge in [-0.25, -0.2) is 0 Å². The van der Waals surface area contributed by atoms with E-state index in [0.29, 0.717) is 11.6 Å². The zero-order valence-corrected chi connectivity index (χ0v) is 12.2. The van der Waals surface area contributed by atoms with Crippen molar-refractivity contribution < 1.29 is 9.53 Å². The summed E-state index contributed by atoms with van der Waals surface area (Å²) in [6.07, 6.45) is 0. The van der Waals surface area contributed by atoms with E-state index in [4.69, 9.17) is 16.3 Å². The molecule has 0 aromatic heterocycles. The van der Waals surface area contributed by atoms with Crippen LogP contribution < -0.4 is 10.6 Å². The third-order valence-electron chi connectivity index (χ3n) is 3.12. The van der Waals surface area contributed by atoms with Crippen molar-refractivity contribution in [1.82, 2.24) is 10.2 Å². The molecule has 1 saturated heterocycles. The number of halogens is 1. The van der Waals surface area contributed by atoms with Crippen molar-refractivity contribution >= 4 is 23.2 Å². The lowest BCUT2D eigenvalue weighted by Gasteiger charge is -2.26. The highest BCUT2D eigenvalue weighted by atomic mass is 35.5. The minimum Gasteiger partial charge on any atom is -0.370 e. The topological polar surface area (TPSA) is 53.6 Å². The van der Waals surface area contributed by atoms with E-state index in [9.17, 15) is 4.79 Å². The molecular formula is C14H20ClN3O2. The number of anilines is 1. The van der Waals surface area contributed by atoms with Crippen LogP contribution in [0.25, 0.3) is 0 Å². The average Bonchev–Trinajstić information content (AvgIpc) is 2.47. The van der Waals surface area contributed by atoms with E-state index in [1.165, 1.54) is 0 Å². The minimum absolute atomic E-state index is 0.0781. The first-order valence-corrected chi connectivity index (χ1v) is 7.18. The normalized spacial score (nSPS) is 16.1. The van der Waals surface area contributed by atoms with Gasteiger partial charge in [0.2, 0.25) is 5.91 Å². The van der Waals surface area contributed by atoms with E-state index in [0.717, 1.165) is 38.4 Å². The Morgan fingerprint density at radius 2 is 2.00 bits per heavy atom. The Bertz CT molecular complexity index is 419. The summed E-state index contributed by atoms with van der Waals surface area (Å²) >= 11 is 5.78. The Kier molecular flexibility index (Phi) is 6.26. The second kappa shape index (κ2) is 8.21. The van der Waals surface area contributed by atoms with Crippen LogP contribution in [0.15, 0.2) is 24.3 Å². The number of piperazine rings is 1. The van der Waals surface area contributed by atoms with E-state index in [1.54, 1.807) is 24.3 Å². The molecule has 0 unspecified atom stereocenters. The second-order valence-corrected chi connectivity index (χ2v) is 5.14. The van der Waals surface area contributed by atoms with Crippen molar-refractivity contribution in [2.24, 2.45) is 0 Å².